The summed E-state index contributed by atoms with van der Waals surface area (Å²) in [5.41, 5.74) is -1.28. The van der Waals surface area contributed by atoms with Gasteiger partial charge in [-0.15, -0.1) is 0 Å². The molecule has 6 nitrogen and oxygen atoms in total. The highest BCUT2D eigenvalue weighted by molar-refractivity contribution is 5.72. The molecule has 0 bridgehead atoms. The van der Waals surface area contributed by atoms with Gasteiger partial charge in [-0.05, 0) is 47.0 Å². The molecule has 1 amide bonds. The second kappa shape index (κ2) is 6.47. The third-order valence-electron chi connectivity index (χ3n) is 4.01. The van der Waals surface area contributed by atoms with Gasteiger partial charge in [0.25, 0.3) is 0 Å². The third kappa shape index (κ3) is 3.97. The van der Waals surface area contributed by atoms with E-state index in [0.29, 0.717) is 12.8 Å². The van der Waals surface area contributed by atoms with Crippen molar-refractivity contribution in [3.05, 3.63) is 11.6 Å². The highest BCUT2D eigenvalue weighted by Crippen LogP contribution is 2.40. The van der Waals surface area contributed by atoms with Crippen molar-refractivity contribution in [3.8, 4) is 0 Å². The Kier molecular flexibility index (Phi) is 5.39. The minimum atomic E-state index is -1.45. The number of allylic oxidation sites excluding steroid dienone is 2. The number of hydrogen-bond donors (Lipinski definition) is 2. The monoisotopic (exact) mass is 299 g/mol. The number of carbonyl (C=O) groups is 2. The van der Waals surface area contributed by atoms with Gasteiger partial charge in [-0.2, -0.15) is 0 Å². The Labute approximate surface area is 125 Å². The molecule has 0 saturated carbocycles. The number of hydrogen-bond acceptors (Lipinski definition) is 4. The Hall–Kier alpha value is -1.56. The lowest BCUT2D eigenvalue weighted by atomic mass is 9.88. The topological polar surface area (TPSA) is 87.1 Å². The lowest BCUT2D eigenvalue weighted by Crippen LogP contribution is -2.55. The molecule has 2 N–H and O–H groups in total. The van der Waals surface area contributed by atoms with Crippen LogP contribution in [0.3, 0.4) is 0 Å². The van der Waals surface area contributed by atoms with E-state index < -0.39 is 23.4 Å². The smallest absolute Gasteiger partial charge is 0.412 e. The van der Waals surface area contributed by atoms with Gasteiger partial charge < -0.3 is 14.9 Å². The van der Waals surface area contributed by atoms with E-state index in [1.54, 1.807) is 13.8 Å². The van der Waals surface area contributed by atoms with Gasteiger partial charge in [0.1, 0.15) is 0 Å². The summed E-state index contributed by atoms with van der Waals surface area (Å²) < 4.78 is 5.38. The Bertz CT molecular complexity index is 439. The Morgan fingerprint density at radius 2 is 2.00 bits per heavy atom. The molecule has 1 fully saturated rings. The lowest BCUT2D eigenvalue weighted by molar-refractivity contribution is -0.142. The van der Waals surface area contributed by atoms with E-state index in [0.717, 1.165) is 0 Å². The van der Waals surface area contributed by atoms with Crippen LogP contribution in [0.4, 0.5) is 4.79 Å². The lowest BCUT2D eigenvalue weighted by Gasteiger charge is -2.37. The Morgan fingerprint density at radius 3 is 2.52 bits per heavy atom. The molecule has 120 valence electrons. The summed E-state index contributed by atoms with van der Waals surface area (Å²) in [7, 11) is 0. The van der Waals surface area contributed by atoms with Crippen molar-refractivity contribution in [2.75, 3.05) is 6.54 Å². The van der Waals surface area contributed by atoms with Crippen LogP contribution in [0.1, 0.15) is 53.4 Å². The maximum atomic E-state index is 12.0. The fourth-order valence-corrected chi connectivity index (χ4v) is 2.43. The molecular formula is C15H25NO5. The molecule has 0 spiro atoms. The Balaban J connectivity index is 2.74. The molecule has 1 heterocycles. The molecule has 21 heavy (non-hydrogen) atoms. The Morgan fingerprint density at radius 1 is 1.38 bits per heavy atom. The van der Waals surface area contributed by atoms with E-state index in [-0.39, 0.29) is 19.4 Å². The van der Waals surface area contributed by atoms with E-state index in [1.807, 2.05) is 19.9 Å². The second-order valence-electron chi connectivity index (χ2n) is 6.09. The second-order valence-corrected chi connectivity index (χ2v) is 6.09. The number of carbonyl (C=O) groups excluding carboxylic acids is 1. The van der Waals surface area contributed by atoms with Crippen LogP contribution in [0.2, 0.25) is 0 Å². The first-order valence-corrected chi connectivity index (χ1v) is 7.18. The molecule has 1 aliphatic rings. The zero-order valence-electron chi connectivity index (χ0n) is 13.2. The van der Waals surface area contributed by atoms with Gasteiger partial charge in [0.15, 0.2) is 11.3 Å². The molecule has 0 unspecified atom stereocenters. The largest absolute Gasteiger partial charge is 0.481 e. The number of ether oxygens (including phenoxy) is 1. The quantitative estimate of drug-likeness (QED) is 0.705. The summed E-state index contributed by atoms with van der Waals surface area (Å²) in [5.74, 6) is -0.923. The first-order chi connectivity index (χ1) is 9.60. The van der Waals surface area contributed by atoms with E-state index in [1.165, 1.54) is 10.5 Å². The number of nitrogens with zero attached hydrogens (tertiary/aromatic N) is 1. The van der Waals surface area contributed by atoms with E-state index >= 15 is 0 Å². The summed E-state index contributed by atoms with van der Waals surface area (Å²) >= 11 is 0. The van der Waals surface area contributed by atoms with Crippen LogP contribution in [0.5, 0.6) is 0 Å². The minimum absolute atomic E-state index is 0.0473. The van der Waals surface area contributed by atoms with E-state index in [9.17, 15) is 14.7 Å². The van der Waals surface area contributed by atoms with Crippen molar-refractivity contribution in [1.82, 2.24) is 4.90 Å². The van der Waals surface area contributed by atoms with Gasteiger partial charge in [0.2, 0.25) is 0 Å². The molecule has 2 atom stereocenters. The summed E-state index contributed by atoms with van der Waals surface area (Å²) in [5, 5.41) is 19.3. The SMILES string of the molecule is CC(C)=CCC[C@@]1(C)OC(=O)N(CCCC(=O)O)[C@@]1(C)O. The van der Waals surface area contributed by atoms with Gasteiger partial charge in [-0.25, -0.2) is 4.79 Å². The molecule has 6 heteroatoms. The standard InChI is InChI=1S/C15H25NO5/c1-11(2)7-5-9-14(3)15(4,20)16(13(19)21-14)10-6-8-12(17)18/h7,20H,5-6,8-10H2,1-4H3,(H,17,18)/t14-,15+/m1/s1. The number of carboxylic acids is 1. The zero-order valence-corrected chi connectivity index (χ0v) is 13.2. The third-order valence-corrected chi connectivity index (χ3v) is 4.01. The van der Waals surface area contributed by atoms with Crippen LogP contribution in [0.15, 0.2) is 11.6 Å². The molecule has 0 aromatic heterocycles. The average molecular weight is 299 g/mol. The van der Waals surface area contributed by atoms with Crippen molar-refractivity contribution < 1.29 is 24.5 Å². The zero-order chi connectivity index (χ0) is 16.3. The summed E-state index contributed by atoms with van der Waals surface area (Å²) in [6.45, 7) is 7.39. The maximum absolute atomic E-state index is 12.0. The molecule has 1 rings (SSSR count). The van der Waals surface area contributed by atoms with Gasteiger partial charge in [0, 0.05) is 13.0 Å². The van der Waals surface area contributed by atoms with Crippen molar-refractivity contribution in [2.24, 2.45) is 0 Å². The molecule has 0 aromatic rings. The number of rotatable bonds is 7. The first-order valence-electron chi connectivity index (χ1n) is 7.18. The van der Waals surface area contributed by atoms with Crippen LogP contribution in [-0.2, 0) is 9.53 Å². The summed E-state index contributed by atoms with van der Waals surface area (Å²) in [6, 6.07) is 0. The van der Waals surface area contributed by atoms with Gasteiger partial charge >= 0.3 is 12.1 Å². The summed E-state index contributed by atoms with van der Waals surface area (Å²) in [4.78, 5) is 23.7. The number of aliphatic hydroxyl groups is 1. The molecule has 1 saturated heterocycles. The van der Waals surface area contributed by atoms with Crippen LogP contribution in [-0.4, -0.2) is 45.0 Å². The van der Waals surface area contributed by atoms with Crippen LogP contribution >= 0.6 is 0 Å². The van der Waals surface area contributed by atoms with Gasteiger partial charge in [-0.3, -0.25) is 9.69 Å². The highest BCUT2D eigenvalue weighted by Gasteiger charge is 2.58. The van der Waals surface area contributed by atoms with Crippen molar-refractivity contribution in [2.45, 2.75) is 64.7 Å². The molecule has 1 aliphatic heterocycles. The van der Waals surface area contributed by atoms with Crippen LogP contribution < -0.4 is 0 Å². The van der Waals surface area contributed by atoms with E-state index in [4.69, 9.17) is 9.84 Å². The molecule has 0 aliphatic carbocycles. The fraction of sp³-hybridized carbons (Fsp3) is 0.733. The van der Waals surface area contributed by atoms with Crippen LogP contribution in [0.25, 0.3) is 0 Å². The predicted octanol–water partition coefficient (Wildman–Crippen LogP) is 2.52. The summed E-state index contributed by atoms with van der Waals surface area (Å²) in [6.07, 6.45) is 2.88. The fourth-order valence-electron chi connectivity index (χ4n) is 2.43. The number of amides is 1. The van der Waals surface area contributed by atoms with Crippen molar-refractivity contribution in [3.63, 3.8) is 0 Å². The average Bonchev–Trinajstić information content (AvgIpc) is 2.48. The van der Waals surface area contributed by atoms with Gasteiger partial charge in [-0.1, -0.05) is 11.6 Å². The molecule has 0 aromatic carbocycles. The van der Waals surface area contributed by atoms with E-state index in [2.05, 4.69) is 0 Å². The normalized spacial score (nSPS) is 28.4. The highest BCUT2D eigenvalue weighted by atomic mass is 16.6. The van der Waals surface area contributed by atoms with Crippen LogP contribution in [0, 0.1) is 0 Å². The molecular weight excluding hydrogens is 274 g/mol. The maximum Gasteiger partial charge on any atom is 0.412 e. The van der Waals surface area contributed by atoms with Gasteiger partial charge in [0.05, 0.1) is 0 Å². The first kappa shape index (κ1) is 17.5. The number of aliphatic carboxylic acids is 1. The molecule has 0 radical (unpaired) electrons. The number of carboxylic acid groups (broad SMARTS) is 1. The predicted molar refractivity (Wildman–Crippen MR) is 77.8 cm³/mol. The van der Waals surface area contributed by atoms with Crippen molar-refractivity contribution in [1.29, 1.82) is 0 Å². The van der Waals surface area contributed by atoms with Crippen molar-refractivity contribution >= 4 is 12.1 Å². The number of cyclic esters (lactones) is 1. The minimum Gasteiger partial charge on any atom is -0.481 e.